The van der Waals surface area contributed by atoms with E-state index in [2.05, 4.69) is 0 Å². The van der Waals surface area contributed by atoms with Gasteiger partial charge in [-0.15, -0.1) is 11.8 Å². The molecule has 1 atom stereocenters. The molecule has 0 aromatic heterocycles. The van der Waals surface area contributed by atoms with Gasteiger partial charge in [-0.05, 0) is 12.5 Å². The highest BCUT2D eigenvalue weighted by Gasteiger charge is 2.45. The van der Waals surface area contributed by atoms with Gasteiger partial charge in [0.05, 0.1) is 11.8 Å². The lowest BCUT2D eigenvalue weighted by Gasteiger charge is -2.44. The van der Waals surface area contributed by atoms with Crippen molar-refractivity contribution in [1.82, 2.24) is 4.90 Å². The smallest absolute Gasteiger partial charge is 0.355 e. The van der Waals surface area contributed by atoms with Crippen molar-refractivity contribution in [2.45, 2.75) is 22.5 Å². The molecular weight excluding hydrogens is 321 g/mol. The summed E-state index contributed by atoms with van der Waals surface area (Å²) in [6.45, 7) is 1.45. The van der Waals surface area contributed by atoms with Gasteiger partial charge in [0.1, 0.15) is 12.3 Å². The van der Waals surface area contributed by atoms with Gasteiger partial charge in [-0.2, -0.15) is 0 Å². The standard InChI is InChI=1S/C10H10Cl3NO3S/c1-5-3-18-7-2-6(15)14(7)8(5)9(16)17-4-10(11,12)13/h7H,2-4H2,1H3/t7-/m1/s1. The van der Waals surface area contributed by atoms with Crippen LogP contribution in [0.15, 0.2) is 11.3 Å². The number of fused-ring (bicyclic) bond motifs is 1. The molecule has 1 saturated heterocycles. The largest absolute Gasteiger partial charge is 0.456 e. The first-order valence-corrected chi connectivity index (χ1v) is 7.35. The molecule has 1 amide bonds. The number of rotatable bonds is 2. The van der Waals surface area contributed by atoms with E-state index in [1.165, 1.54) is 4.90 Å². The van der Waals surface area contributed by atoms with Gasteiger partial charge < -0.3 is 4.74 Å². The molecule has 0 aliphatic carbocycles. The van der Waals surface area contributed by atoms with Crippen molar-refractivity contribution in [2.75, 3.05) is 12.4 Å². The van der Waals surface area contributed by atoms with E-state index in [9.17, 15) is 9.59 Å². The lowest BCUT2D eigenvalue weighted by molar-refractivity contribution is -0.149. The third kappa shape index (κ3) is 2.90. The van der Waals surface area contributed by atoms with Crippen LogP contribution < -0.4 is 0 Å². The summed E-state index contributed by atoms with van der Waals surface area (Å²) in [6, 6.07) is 0. The maximum atomic E-state index is 11.9. The third-order valence-electron chi connectivity index (χ3n) is 2.60. The van der Waals surface area contributed by atoms with Crippen molar-refractivity contribution >= 4 is 58.4 Å². The first-order valence-electron chi connectivity index (χ1n) is 5.17. The number of thioether (sulfide) groups is 1. The second-order valence-electron chi connectivity index (χ2n) is 4.05. The van der Waals surface area contributed by atoms with Gasteiger partial charge in [-0.25, -0.2) is 4.79 Å². The Balaban J connectivity index is 2.10. The van der Waals surface area contributed by atoms with Crippen molar-refractivity contribution < 1.29 is 14.3 Å². The molecule has 0 N–H and O–H groups in total. The Bertz CT molecular complexity index is 433. The van der Waals surface area contributed by atoms with Crippen molar-refractivity contribution in [3.63, 3.8) is 0 Å². The average molecular weight is 331 g/mol. The second kappa shape index (κ2) is 5.12. The molecule has 0 bridgehead atoms. The number of β-lactam (4-membered cyclic amide) rings is 1. The van der Waals surface area contributed by atoms with Gasteiger partial charge in [0, 0.05) is 5.75 Å². The maximum Gasteiger partial charge on any atom is 0.355 e. The zero-order valence-electron chi connectivity index (χ0n) is 9.41. The number of ether oxygens (including phenoxy) is 1. The number of halogens is 3. The van der Waals surface area contributed by atoms with E-state index in [1.807, 2.05) is 0 Å². The van der Waals surface area contributed by atoms with Crippen LogP contribution in [0.4, 0.5) is 0 Å². The van der Waals surface area contributed by atoms with E-state index in [0.717, 1.165) is 5.57 Å². The highest BCUT2D eigenvalue weighted by Crippen LogP contribution is 2.40. The number of hydrogen-bond donors (Lipinski definition) is 0. The minimum atomic E-state index is -1.65. The van der Waals surface area contributed by atoms with Gasteiger partial charge in [0.2, 0.25) is 9.70 Å². The molecule has 2 heterocycles. The molecule has 8 heteroatoms. The van der Waals surface area contributed by atoms with Crippen LogP contribution in [0.2, 0.25) is 0 Å². The lowest BCUT2D eigenvalue weighted by Crippen LogP contribution is -2.54. The zero-order chi connectivity index (χ0) is 13.5. The minimum absolute atomic E-state index is 0.0384. The Morgan fingerprint density at radius 1 is 1.56 bits per heavy atom. The molecule has 0 saturated carbocycles. The van der Waals surface area contributed by atoms with Crippen molar-refractivity contribution in [2.24, 2.45) is 0 Å². The molecule has 2 rings (SSSR count). The van der Waals surface area contributed by atoms with E-state index in [4.69, 9.17) is 39.5 Å². The molecule has 1 fully saturated rings. The van der Waals surface area contributed by atoms with Crippen molar-refractivity contribution in [1.29, 1.82) is 0 Å². The number of carbonyl (C=O) groups is 2. The summed E-state index contributed by atoms with van der Waals surface area (Å²) in [5.41, 5.74) is 1.10. The summed E-state index contributed by atoms with van der Waals surface area (Å²) >= 11 is 18.2. The summed E-state index contributed by atoms with van der Waals surface area (Å²) in [4.78, 5) is 24.9. The van der Waals surface area contributed by atoms with Gasteiger partial charge in [-0.3, -0.25) is 9.69 Å². The normalized spacial score (nSPS) is 23.7. The number of hydrogen-bond acceptors (Lipinski definition) is 4. The first-order chi connectivity index (χ1) is 8.29. The van der Waals surface area contributed by atoms with Crippen LogP contribution in [0.3, 0.4) is 0 Å². The lowest BCUT2D eigenvalue weighted by atomic mass is 10.1. The molecule has 2 aliphatic heterocycles. The number of carbonyl (C=O) groups excluding carboxylic acids is 2. The highest BCUT2D eigenvalue weighted by molar-refractivity contribution is 8.00. The molecule has 18 heavy (non-hydrogen) atoms. The summed E-state index contributed by atoms with van der Waals surface area (Å²) in [5, 5.41) is 0.0384. The quantitative estimate of drug-likeness (QED) is 0.443. The average Bonchev–Trinajstić information content (AvgIpc) is 2.25. The van der Waals surface area contributed by atoms with E-state index in [1.54, 1.807) is 18.7 Å². The molecular formula is C10H10Cl3NO3S. The van der Waals surface area contributed by atoms with E-state index in [0.29, 0.717) is 17.9 Å². The van der Waals surface area contributed by atoms with Crippen LogP contribution >= 0.6 is 46.6 Å². The molecule has 100 valence electrons. The van der Waals surface area contributed by atoms with Gasteiger partial charge in [-0.1, -0.05) is 34.8 Å². The van der Waals surface area contributed by atoms with Gasteiger partial charge >= 0.3 is 5.97 Å². The first kappa shape index (κ1) is 14.3. The van der Waals surface area contributed by atoms with Gasteiger partial charge in [0.25, 0.3) is 0 Å². The Morgan fingerprint density at radius 3 is 2.78 bits per heavy atom. The second-order valence-corrected chi connectivity index (χ2v) is 7.74. The molecule has 0 unspecified atom stereocenters. The fourth-order valence-electron chi connectivity index (χ4n) is 1.77. The Labute approximate surface area is 124 Å². The predicted octanol–water partition coefficient (Wildman–Crippen LogP) is 2.48. The summed E-state index contributed by atoms with van der Waals surface area (Å²) in [6.07, 6.45) is 0.458. The molecule has 0 aromatic carbocycles. The third-order valence-corrected chi connectivity index (χ3v) is 4.29. The zero-order valence-corrected chi connectivity index (χ0v) is 12.5. The van der Waals surface area contributed by atoms with Gasteiger partial charge in [0.15, 0.2) is 0 Å². The monoisotopic (exact) mass is 329 g/mol. The topological polar surface area (TPSA) is 46.6 Å². The van der Waals surface area contributed by atoms with E-state index < -0.39 is 9.76 Å². The van der Waals surface area contributed by atoms with Crippen molar-refractivity contribution in [3.8, 4) is 0 Å². The number of alkyl halides is 3. The summed E-state index contributed by atoms with van der Waals surface area (Å²) < 4.78 is 3.27. The number of esters is 1. The van der Waals surface area contributed by atoms with Crippen LogP contribution in [-0.2, 0) is 14.3 Å². The Hall–Kier alpha value is -0.100. The minimum Gasteiger partial charge on any atom is -0.456 e. The molecule has 0 spiro atoms. The molecule has 2 aliphatic rings. The molecule has 0 aromatic rings. The fourth-order valence-corrected chi connectivity index (χ4v) is 3.15. The van der Waals surface area contributed by atoms with E-state index in [-0.39, 0.29) is 17.9 Å². The predicted molar refractivity (Wildman–Crippen MR) is 71.7 cm³/mol. The molecule has 4 nitrogen and oxygen atoms in total. The Morgan fingerprint density at radius 2 is 2.22 bits per heavy atom. The summed E-state index contributed by atoms with van der Waals surface area (Å²) in [7, 11) is 0. The molecule has 0 radical (unpaired) electrons. The van der Waals surface area contributed by atoms with Crippen LogP contribution in [0.1, 0.15) is 13.3 Å². The maximum absolute atomic E-state index is 11.9. The van der Waals surface area contributed by atoms with Crippen LogP contribution in [0, 0.1) is 0 Å². The Kier molecular flexibility index (Phi) is 4.07. The SMILES string of the molecule is CC1=C(C(=O)OCC(Cl)(Cl)Cl)N2C(=O)C[C@H]2SC1. The fraction of sp³-hybridized carbons (Fsp3) is 0.600. The van der Waals surface area contributed by atoms with E-state index >= 15 is 0 Å². The van der Waals surface area contributed by atoms with Crippen LogP contribution in [-0.4, -0.2) is 38.3 Å². The van der Waals surface area contributed by atoms with Crippen molar-refractivity contribution in [3.05, 3.63) is 11.3 Å². The van der Waals surface area contributed by atoms with Crippen LogP contribution in [0.5, 0.6) is 0 Å². The number of amides is 1. The van der Waals surface area contributed by atoms with Crippen LogP contribution in [0.25, 0.3) is 0 Å². The summed E-state index contributed by atoms with van der Waals surface area (Å²) in [5.74, 6) is 0.0108. The number of nitrogens with zero attached hydrogens (tertiary/aromatic N) is 1. The highest BCUT2D eigenvalue weighted by atomic mass is 35.6.